The summed E-state index contributed by atoms with van der Waals surface area (Å²) in [5, 5.41) is 8.43. The fourth-order valence-electron chi connectivity index (χ4n) is 3.50. The molecule has 1 aliphatic carbocycles. The van der Waals surface area contributed by atoms with Gasteiger partial charge in [-0.2, -0.15) is 0 Å². The fourth-order valence-corrected chi connectivity index (χ4v) is 3.77. The number of nitrogens with one attached hydrogen (secondary N) is 3. The minimum absolute atomic E-state index is 0.0105. The van der Waals surface area contributed by atoms with Crippen molar-refractivity contribution in [2.75, 3.05) is 6.54 Å². The first-order valence-corrected chi connectivity index (χ1v) is 9.61. The van der Waals surface area contributed by atoms with Gasteiger partial charge in [-0.05, 0) is 80.0 Å². The Morgan fingerprint density at radius 3 is 2.64 bits per heavy atom. The second-order valence-electron chi connectivity index (χ2n) is 7.13. The van der Waals surface area contributed by atoms with Crippen LogP contribution >= 0.6 is 12.2 Å². The molecule has 1 fully saturated rings. The third-order valence-corrected chi connectivity index (χ3v) is 5.42. The third-order valence-electron chi connectivity index (χ3n) is 5.16. The Hall–Kier alpha value is -1.88. The van der Waals surface area contributed by atoms with Gasteiger partial charge >= 0.3 is 0 Å². The molecule has 0 atom stereocenters. The van der Waals surface area contributed by atoms with Crippen LogP contribution in [0.5, 0.6) is 0 Å². The second kappa shape index (κ2) is 8.00. The first-order chi connectivity index (χ1) is 12.0. The summed E-state index contributed by atoms with van der Waals surface area (Å²) in [6.07, 6.45) is 6.96. The SMILES string of the molecule is Cc1cc2cc(CCNC(=S)NC3CCCCC3)c(=O)[nH]c2cc1C. The summed E-state index contributed by atoms with van der Waals surface area (Å²) >= 11 is 5.38. The molecule has 134 valence electrons. The number of aryl methyl sites for hydroxylation is 2. The first-order valence-electron chi connectivity index (χ1n) is 9.20. The smallest absolute Gasteiger partial charge is 0.251 e. The van der Waals surface area contributed by atoms with E-state index < -0.39 is 0 Å². The van der Waals surface area contributed by atoms with Crippen molar-refractivity contribution >= 4 is 28.2 Å². The number of hydrogen-bond donors (Lipinski definition) is 3. The molecule has 5 heteroatoms. The average Bonchev–Trinajstić information content (AvgIpc) is 2.58. The van der Waals surface area contributed by atoms with Gasteiger partial charge in [-0.25, -0.2) is 0 Å². The molecule has 0 aliphatic heterocycles. The number of fused-ring (bicyclic) bond motifs is 1. The summed E-state index contributed by atoms with van der Waals surface area (Å²) in [5.74, 6) is 0. The summed E-state index contributed by atoms with van der Waals surface area (Å²) < 4.78 is 0. The van der Waals surface area contributed by atoms with Gasteiger partial charge in [0.2, 0.25) is 0 Å². The molecule has 3 N–H and O–H groups in total. The second-order valence-corrected chi connectivity index (χ2v) is 7.54. The van der Waals surface area contributed by atoms with Crippen LogP contribution in [0.3, 0.4) is 0 Å². The van der Waals surface area contributed by atoms with Crippen LogP contribution in [0.2, 0.25) is 0 Å². The van der Waals surface area contributed by atoms with Gasteiger partial charge in [0.1, 0.15) is 0 Å². The Labute approximate surface area is 154 Å². The lowest BCUT2D eigenvalue weighted by molar-refractivity contribution is 0.412. The molecule has 1 aliphatic rings. The normalized spacial score (nSPS) is 15.3. The van der Waals surface area contributed by atoms with Crippen molar-refractivity contribution in [3.05, 3.63) is 45.2 Å². The Balaban J connectivity index is 1.59. The third kappa shape index (κ3) is 4.60. The lowest BCUT2D eigenvalue weighted by atomic mass is 9.96. The highest BCUT2D eigenvalue weighted by atomic mass is 32.1. The van der Waals surface area contributed by atoms with E-state index in [1.165, 1.54) is 43.2 Å². The van der Waals surface area contributed by atoms with Crippen molar-refractivity contribution in [1.29, 1.82) is 0 Å². The lowest BCUT2D eigenvalue weighted by Gasteiger charge is -2.24. The minimum Gasteiger partial charge on any atom is -0.362 e. The molecule has 0 radical (unpaired) electrons. The van der Waals surface area contributed by atoms with Gasteiger partial charge in [-0.1, -0.05) is 19.3 Å². The van der Waals surface area contributed by atoms with Crippen molar-refractivity contribution in [3.63, 3.8) is 0 Å². The van der Waals surface area contributed by atoms with Gasteiger partial charge < -0.3 is 15.6 Å². The van der Waals surface area contributed by atoms with E-state index in [-0.39, 0.29) is 5.56 Å². The lowest BCUT2D eigenvalue weighted by Crippen LogP contribution is -2.43. The molecular formula is C20H27N3OS. The van der Waals surface area contributed by atoms with E-state index in [0.29, 0.717) is 24.1 Å². The maximum atomic E-state index is 12.3. The molecule has 0 unspecified atom stereocenters. The Bertz CT molecular complexity index is 822. The zero-order chi connectivity index (χ0) is 17.8. The summed E-state index contributed by atoms with van der Waals surface area (Å²) in [6, 6.07) is 6.67. The number of aromatic nitrogens is 1. The zero-order valence-electron chi connectivity index (χ0n) is 15.1. The number of benzene rings is 1. The van der Waals surface area contributed by atoms with Crippen LogP contribution in [0.25, 0.3) is 10.9 Å². The van der Waals surface area contributed by atoms with Crippen molar-refractivity contribution in [2.45, 2.75) is 58.4 Å². The zero-order valence-corrected chi connectivity index (χ0v) is 15.9. The molecule has 4 nitrogen and oxygen atoms in total. The minimum atomic E-state index is -0.0105. The van der Waals surface area contributed by atoms with E-state index in [4.69, 9.17) is 12.2 Å². The molecular weight excluding hydrogens is 330 g/mol. The van der Waals surface area contributed by atoms with Crippen LogP contribution in [-0.2, 0) is 6.42 Å². The van der Waals surface area contributed by atoms with Crippen molar-refractivity contribution in [2.24, 2.45) is 0 Å². The predicted molar refractivity (Wildman–Crippen MR) is 108 cm³/mol. The van der Waals surface area contributed by atoms with Crippen LogP contribution in [0.1, 0.15) is 48.8 Å². The van der Waals surface area contributed by atoms with Gasteiger partial charge in [0, 0.05) is 23.7 Å². The van der Waals surface area contributed by atoms with Crippen molar-refractivity contribution < 1.29 is 0 Å². The van der Waals surface area contributed by atoms with Crippen molar-refractivity contribution in [1.82, 2.24) is 15.6 Å². The monoisotopic (exact) mass is 357 g/mol. The highest BCUT2D eigenvalue weighted by molar-refractivity contribution is 7.80. The number of aromatic amines is 1. The molecule has 0 amide bonds. The molecule has 2 aromatic rings. The molecule has 1 heterocycles. The molecule has 3 rings (SSSR count). The van der Waals surface area contributed by atoms with E-state index in [9.17, 15) is 4.79 Å². The standard InChI is InChI=1S/C20H27N3OS/c1-13-10-16-12-15(19(24)23-18(16)11-14(13)2)8-9-21-20(25)22-17-6-4-3-5-7-17/h10-12,17H,3-9H2,1-2H3,(H,23,24)(H2,21,22,25). The number of H-pyrrole nitrogens is 1. The van der Waals surface area contributed by atoms with Crippen LogP contribution in [0.15, 0.2) is 23.0 Å². The highest BCUT2D eigenvalue weighted by Gasteiger charge is 2.13. The first kappa shape index (κ1) is 17.9. The largest absolute Gasteiger partial charge is 0.362 e. The van der Waals surface area contributed by atoms with E-state index in [1.807, 2.05) is 12.1 Å². The van der Waals surface area contributed by atoms with E-state index in [1.54, 1.807) is 0 Å². The van der Waals surface area contributed by atoms with Crippen LogP contribution in [0.4, 0.5) is 0 Å². The maximum Gasteiger partial charge on any atom is 0.251 e. The summed E-state index contributed by atoms with van der Waals surface area (Å²) in [7, 11) is 0. The maximum absolute atomic E-state index is 12.3. The van der Waals surface area contributed by atoms with Crippen LogP contribution < -0.4 is 16.2 Å². The highest BCUT2D eigenvalue weighted by Crippen LogP contribution is 2.18. The Kier molecular flexibility index (Phi) is 5.74. The van der Waals surface area contributed by atoms with E-state index in [2.05, 4.69) is 35.5 Å². The molecule has 1 aromatic heterocycles. The molecule has 1 saturated carbocycles. The van der Waals surface area contributed by atoms with Crippen LogP contribution in [-0.4, -0.2) is 22.7 Å². The fraction of sp³-hybridized carbons (Fsp3) is 0.500. The summed E-state index contributed by atoms with van der Waals surface area (Å²) in [6.45, 7) is 4.82. The summed E-state index contributed by atoms with van der Waals surface area (Å²) in [5.41, 5.74) is 4.12. The quantitative estimate of drug-likeness (QED) is 0.733. The van der Waals surface area contributed by atoms with E-state index >= 15 is 0 Å². The molecule has 25 heavy (non-hydrogen) atoms. The van der Waals surface area contributed by atoms with Crippen LogP contribution in [0, 0.1) is 13.8 Å². The summed E-state index contributed by atoms with van der Waals surface area (Å²) in [4.78, 5) is 15.3. The van der Waals surface area contributed by atoms with E-state index in [0.717, 1.165) is 16.5 Å². The van der Waals surface area contributed by atoms with Gasteiger partial charge in [0.05, 0.1) is 0 Å². The van der Waals surface area contributed by atoms with Crippen molar-refractivity contribution in [3.8, 4) is 0 Å². The van der Waals surface area contributed by atoms with Gasteiger partial charge in [0.15, 0.2) is 5.11 Å². The molecule has 0 spiro atoms. The Morgan fingerprint density at radius 1 is 1.16 bits per heavy atom. The molecule has 1 aromatic carbocycles. The molecule has 0 saturated heterocycles. The van der Waals surface area contributed by atoms with Gasteiger partial charge in [0.25, 0.3) is 5.56 Å². The Morgan fingerprint density at radius 2 is 1.88 bits per heavy atom. The van der Waals surface area contributed by atoms with Gasteiger partial charge in [-0.15, -0.1) is 0 Å². The predicted octanol–water partition coefficient (Wildman–Crippen LogP) is 3.48. The van der Waals surface area contributed by atoms with Gasteiger partial charge in [-0.3, -0.25) is 4.79 Å². The number of thiocarbonyl (C=S) groups is 1. The average molecular weight is 358 g/mol. The topological polar surface area (TPSA) is 56.9 Å². The number of hydrogen-bond acceptors (Lipinski definition) is 2. The molecule has 0 bridgehead atoms. The number of pyridine rings is 1. The number of rotatable bonds is 4.